The van der Waals surface area contributed by atoms with Gasteiger partial charge in [0.2, 0.25) is 0 Å². The van der Waals surface area contributed by atoms with E-state index in [0.29, 0.717) is 6.61 Å². The fourth-order valence-electron chi connectivity index (χ4n) is 4.43. The average molecular weight is 503 g/mol. The fourth-order valence-corrected chi connectivity index (χ4v) is 4.43. The van der Waals surface area contributed by atoms with Crippen LogP contribution in [-0.2, 0) is 22.4 Å². The zero-order chi connectivity index (χ0) is 26.7. The molecule has 5 rings (SSSR count). The first kappa shape index (κ1) is 30.2. The van der Waals surface area contributed by atoms with Crippen LogP contribution in [-0.4, -0.2) is 12.6 Å². The van der Waals surface area contributed by atoms with Gasteiger partial charge in [-0.05, 0) is 76.9 Å². The molecule has 0 bridgehead atoms. The van der Waals surface area contributed by atoms with Gasteiger partial charge >= 0.3 is 5.97 Å². The van der Waals surface area contributed by atoms with Crippen LogP contribution in [0.5, 0.6) is 0 Å². The summed E-state index contributed by atoms with van der Waals surface area (Å²) in [6.45, 7) is 8.52. The Kier molecular flexibility index (Phi) is 14.8. The number of aryl methyl sites for hydroxylation is 2. The second-order valence-corrected chi connectivity index (χ2v) is 9.49. The summed E-state index contributed by atoms with van der Waals surface area (Å²) in [6.07, 6.45) is 16.1. The van der Waals surface area contributed by atoms with Crippen molar-refractivity contribution in [1.82, 2.24) is 0 Å². The van der Waals surface area contributed by atoms with E-state index in [1.165, 1.54) is 79.8 Å². The molecular weight excluding hydrogens is 456 g/mol. The van der Waals surface area contributed by atoms with Gasteiger partial charge in [0.15, 0.2) is 0 Å². The van der Waals surface area contributed by atoms with Crippen molar-refractivity contribution in [3.63, 3.8) is 0 Å². The summed E-state index contributed by atoms with van der Waals surface area (Å²) < 4.78 is 9.23. The molecule has 1 heterocycles. The molecule has 200 valence electrons. The van der Waals surface area contributed by atoms with Crippen LogP contribution in [0.1, 0.15) is 90.2 Å². The molecule has 1 aliphatic rings. The number of carbonyl (C=O) groups is 1. The Hall–Kier alpha value is -3.07. The number of hydrogen-bond donors (Lipinski definition) is 0. The van der Waals surface area contributed by atoms with Gasteiger partial charge in [-0.25, -0.2) is 0 Å². The molecule has 3 nitrogen and oxygen atoms in total. The van der Waals surface area contributed by atoms with Gasteiger partial charge in [-0.1, -0.05) is 101 Å². The Morgan fingerprint density at radius 3 is 2.00 bits per heavy atom. The first-order valence-electron chi connectivity index (χ1n) is 14.1. The fraction of sp³-hybridized carbons (Fsp3) is 0.441. The summed E-state index contributed by atoms with van der Waals surface area (Å²) in [5.41, 5.74) is 3.17. The van der Waals surface area contributed by atoms with Crippen molar-refractivity contribution in [1.29, 1.82) is 0 Å². The van der Waals surface area contributed by atoms with Crippen LogP contribution in [0.4, 0.5) is 0 Å². The summed E-state index contributed by atoms with van der Waals surface area (Å²) in [7, 11) is 0. The third-order valence-electron chi connectivity index (χ3n) is 6.44. The van der Waals surface area contributed by atoms with E-state index in [0.717, 1.165) is 12.8 Å². The summed E-state index contributed by atoms with van der Waals surface area (Å²) >= 11 is 0. The third-order valence-corrected chi connectivity index (χ3v) is 6.44. The van der Waals surface area contributed by atoms with Crippen LogP contribution in [0, 0.1) is 0 Å². The molecule has 0 saturated carbocycles. The lowest BCUT2D eigenvalue weighted by Gasteiger charge is -2.18. The predicted molar refractivity (Wildman–Crippen MR) is 158 cm³/mol. The number of fused-ring (bicyclic) bond motifs is 5. The van der Waals surface area contributed by atoms with Gasteiger partial charge in [0, 0.05) is 6.92 Å². The summed E-state index contributed by atoms with van der Waals surface area (Å²) in [4.78, 5) is 10.1. The molecule has 3 aromatic carbocycles. The Labute approximate surface area is 224 Å². The van der Waals surface area contributed by atoms with Crippen molar-refractivity contribution in [2.24, 2.45) is 0 Å². The van der Waals surface area contributed by atoms with Gasteiger partial charge in [0.1, 0.15) is 0 Å². The molecule has 0 spiro atoms. The lowest BCUT2D eigenvalue weighted by Crippen LogP contribution is -2.02. The van der Waals surface area contributed by atoms with E-state index in [2.05, 4.69) is 78.5 Å². The highest BCUT2D eigenvalue weighted by Crippen LogP contribution is 2.33. The molecule has 37 heavy (non-hydrogen) atoms. The van der Waals surface area contributed by atoms with Crippen molar-refractivity contribution >= 4 is 27.5 Å². The Bertz CT molecular complexity index is 1120. The van der Waals surface area contributed by atoms with E-state index in [4.69, 9.17) is 0 Å². The molecular formula is C34H46O3. The molecule has 4 aromatic rings. The van der Waals surface area contributed by atoms with Gasteiger partial charge in [-0.2, -0.15) is 0 Å². The lowest BCUT2D eigenvalue weighted by atomic mass is 9.86. The molecule has 0 fully saturated rings. The highest BCUT2D eigenvalue weighted by molar-refractivity contribution is 6.08. The SMILES string of the molecule is CCCCCC.CCCCOC(C)=O.c1ccc2c(c1)ccc1c3c(ccc12)CCCC3.c1ccoc1. The zero-order valence-electron chi connectivity index (χ0n) is 23.4. The van der Waals surface area contributed by atoms with E-state index in [1.54, 1.807) is 23.7 Å². The number of unbranched alkanes of at least 4 members (excludes halogenated alkanes) is 4. The molecule has 0 atom stereocenters. The first-order valence-corrected chi connectivity index (χ1v) is 14.1. The van der Waals surface area contributed by atoms with Crippen molar-refractivity contribution in [2.75, 3.05) is 6.61 Å². The highest BCUT2D eigenvalue weighted by Gasteiger charge is 2.13. The van der Waals surface area contributed by atoms with Gasteiger partial charge in [-0.3, -0.25) is 4.79 Å². The second-order valence-electron chi connectivity index (χ2n) is 9.49. The zero-order valence-corrected chi connectivity index (χ0v) is 23.4. The number of benzene rings is 3. The van der Waals surface area contributed by atoms with E-state index in [-0.39, 0.29) is 5.97 Å². The Balaban J connectivity index is 0.000000211. The average Bonchev–Trinajstić information content (AvgIpc) is 3.53. The van der Waals surface area contributed by atoms with Crippen molar-refractivity contribution in [3.8, 4) is 0 Å². The third kappa shape index (κ3) is 10.8. The van der Waals surface area contributed by atoms with Crippen LogP contribution in [0.15, 0.2) is 77.6 Å². The van der Waals surface area contributed by atoms with Crippen molar-refractivity contribution in [3.05, 3.63) is 84.3 Å². The minimum absolute atomic E-state index is 0.182. The molecule has 0 radical (unpaired) electrons. The molecule has 0 N–H and O–H groups in total. The number of carbonyl (C=O) groups excluding carboxylic acids is 1. The maximum absolute atomic E-state index is 10.1. The number of furan rings is 1. The lowest BCUT2D eigenvalue weighted by molar-refractivity contribution is -0.141. The summed E-state index contributed by atoms with van der Waals surface area (Å²) in [5, 5.41) is 5.64. The molecule has 1 aliphatic carbocycles. The summed E-state index contributed by atoms with van der Waals surface area (Å²) in [5.74, 6) is -0.182. The van der Waals surface area contributed by atoms with Crippen LogP contribution < -0.4 is 0 Å². The maximum Gasteiger partial charge on any atom is 0.302 e. The predicted octanol–water partition coefficient (Wildman–Crippen LogP) is 10.1. The molecule has 3 heteroatoms. The Morgan fingerprint density at radius 2 is 1.38 bits per heavy atom. The number of ether oxygens (including phenoxy) is 1. The molecule has 1 aromatic heterocycles. The van der Waals surface area contributed by atoms with Crippen molar-refractivity contribution < 1.29 is 13.9 Å². The van der Waals surface area contributed by atoms with Crippen LogP contribution in [0.3, 0.4) is 0 Å². The highest BCUT2D eigenvalue weighted by atomic mass is 16.5. The van der Waals surface area contributed by atoms with Gasteiger partial charge in [0.25, 0.3) is 0 Å². The monoisotopic (exact) mass is 502 g/mol. The van der Waals surface area contributed by atoms with Gasteiger partial charge in [-0.15, -0.1) is 0 Å². The number of hydrogen-bond acceptors (Lipinski definition) is 3. The van der Waals surface area contributed by atoms with E-state index >= 15 is 0 Å². The van der Waals surface area contributed by atoms with Crippen LogP contribution in [0.2, 0.25) is 0 Å². The van der Waals surface area contributed by atoms with Gasteiger partial charge < -0.3 is 9.15 Å². The second kappa shape index (κ2) is 18.2. The smallest absolute Gasteiger partial charge is 0.302 e. The van der Waals surface area contributed by atoms with E-state index in [9.17, 15) is 4.79 Å². The number of esters is 1. The van der Waals surface area contributed by atoms with Crippen LogP contribution >= 0.6 is 0 Å². The molecule has 0 saturated heterocycles. The maximum atomic E-state index is 10.1. The topological polar surface area (TPSA) is 39.4 Å². The normalized spacial score (nSPS) is 11.7. The van der Waals surface area contributed by atoms with E-state index < -0.39 is 0 Å². The van der Waals surface area contributed by atoms with E-state index in [1.807, 2.05) is 12.1 Å². The standard InChI is InChI=1S/C18H16.C6H12O2.C6H14.C4H4O/c1-3-7-15-13(5-1)9-11-18-16-8-4-2-6-14(16)10-12-17(15)18;1-3-4-5-8-6(2)7;1-3-5-6-4-2;1-2-4-5-3-1/h1,3,5,7,9-12H,2,4,6,8H2;3-5H2,1-2H3;3-6H2,1-2H3;1-4H. The van der Waals surface area contributed by atoms with Crippen molar-refractivity contribution in [2.45, 2.75) is 91.9 Å². The molecule has 0 amide bonds. The quantitative estimate of drug-likeness (QED) is 0.150. The largest absolute Gasteiger partial charge is 0.473 e. The summed E-state index contributed by atoms with van der Waals surface area (Å²) in [6, 6.07) is 21.6. The minimum atomic E-state index is -0.182. The van der Waals surface area contributed by atoms with Gasteiger partial charge in [0.05, 0.1) is 19.1 Å². The Morgan fingerprint density at radius 1 is 0.730 bits per heavy atom. The van der Waals surface area contributed by atoms with Crippen LogP contribution in [0.25, 0.3) is 21.5 Å². The molecule has 0 unspecified atom stereocenters. The minimum Gasteiger partial charge on any atom is -0.473 e. The number of rotatable bonds is 6. The molecule has 0 aliphatic heterocycles. The first-order chi connectivity index (χ1) is 18.1.